The summed E-state index contributed by atoms with van der Waals surface area (Å²) in [6.45, 7) is 11.5. The van der Waals surface area contributed by atoms with Crippen LogP contribution in [-0.4, -0.2) is 12.5 Å². The number of nitrogens with two attached hydrogens (primary N) is 2. The Balaban J connectivity index is 0.00000324. The lowest BCUT2D eigenvalue weighted by Crippen LogP contribution is -2.28. The van der Waals surface area contributed by atoms with E-state index in [1.165, 1.54) is 11.1 Å². The third kappa shape index (κ3) is 5.38. The van der Waals surface area contributed by atoms with E-state index >= 15 is 0 Å². The number of guanidine groups is 1. The fraction of sp³-hybridized carbons (Fsp3) is 0.533. The Bertz CT molecular complexity index is 424. The first-order valence-electron chi connectivity index (χ1n) is 6.29. The molecule has 0 aliphatic heterocycles. The van der Waals surface area contributed by atoms with Crippen LogP contribution in [0.4, 0.5) is 0 Å². The van der Waals surface area contributed by atoms with Crippen molar-refractivity contribution in [2.75, 3.05) is 6.54 Å². The van der Waals surface area contributed by atoms with Gasteiger partial charge in [0.25, 0.3) is 0 Å². The van der Waals surface area contributed by atoms with Crippen molar-refractivity contribution in [3.63, 3.8) is 0 Å². The van der Waals surface area contributed by atoms with Crippen molar-refractivity contribution in [2.45, 2.75) is 45.4 Å². The number of nitrogens with zero attached hydrogens (tertiary/aromatic N) is 1. The highest BCUT2D eigenvalue weighted by Crippen LogP contribution is 2.27. The molecule has 0 bridgehead atoms. The zero-order chi connectivity index (χ0) is 14.0. The zero-order valence-corrected chi connectivity index (χ0v) is 14.9. The lowest BCUT2D eigenvalue weighted by Gasteiger charge is -2.25. The van der Waals surface area contributed by atoms with Gasteiger partial charge in [-0.1, -0.05) is 58.9 Å². The first-order valence-corrected chi connectivity index (χ1v) is 6.29. The molecule has 0 heterocycles. The predicted molar refractivity (Wildman–Crippen MR) is 94.3 cm³/mol. The average Bonchev–Trinajstić information content (AvgIpc) is 2.26. The third-order valence-corrected chi connectivity index (χ3v) is 3.19. The van der Waals surface area contributed by atoms with Gasteiger partial charge in [-0.3, -0.25) is 4.99 Å². The minimum atomic E-state index is -0.0552. The molecule has 0 aromatic heterocycles. The van der Waals surface area contributed by atoms with E-state index in [0.29, 0.717) is 6.54 Å². The topological polar surface area (TPSA) is 64.4 Å². The first-order chi connectivity index (χ1) is 8.13. The predicted octanol–water partition coefficient (Wildman–Crippen LogP) is 3.15. The van der Waals surface area contributed by atoms with Crippen molar-refractivity contribution in [1.82, 2.24) is 0 Å². The lowest BCUT2D eigenvalue weighted by atomic mass is 9.81. The van der Waals surface area contributed by atoms with Gasteiger partial charge in [0, 0.05) is 5.41 Å². The molecule has 0 spiro atoms. The Kier molecular flexibility index (Phi) is 6.32. The summed E-state index contributed by atoms with van der Waals surface area (Å²) in [5.74, 6) is 0.148. The maximum absolute atomic E-state index is 5.39. The van der Waals surface area contributed by atoms with Gasteiger partial charge < -0.3 is 11.5 Å². The van der Waals surface area contributed by atoms with Crippen LogP contribution in [0.15, 0.2) is 29.3 Å². The second-order valence-electron chi connectivity index (χ2n) is 6.45. The third-order valence-electron chi connectivity index (χ3n) is 3.19. The minimum absolute atomic E-state index is 0. The number of hydrogen-bond acceptors (Lipinski definition) is 1. The molecule has 4 heteroatoms. The van der Waals surface area contributed by atoms with Crippen LogP contribution in [0.1, 0.15) is 45.7 Å². The zero-order valence-electron chi connectivity index (χ0n) is 12.5. The molecule has 0 atom stereocenters. The molecule has 0 amide bonds. The maximum atomic E-state index is 5.39. The van der Waals surface area contributed by atoms with Crippen LogP contribution in [0.5, 0.6) is 0 Å². The summed E-state index contributed by atoms with van der Waals surface area (Å²) in [6.07, 6.45) is 0. The SMILES string of the molecule is CC(C)(C)c1ccc(C(C)(C)CN=C(N)N)cc1.I. The minimum Gasteiger partial charge on any atom is -0.370 e. The van der Waals surface area contributed by atoms with Crippen molar-refractivity contribution in [3.05, 3.63) is 35.4 Å². The van der Waals surface area contributed by atoms with Gasteiger partial charge in [-0.15, -0.1) is 24.0 Å². The molecule has 4 N–H and O–H groups in total. The van der Waals surface area contributed by atoms with Crippen LogP contribution in [-0.2, 0) is 10.8 Å². The van der Waals surface area contributed by atoms with Gasteiger partial charge in [0.15, 0.2) is 5.96 Å². The average molecular weight is 375 g/mol. The highest BCUT2D eigenvalue weighted by atomic mass is 127. The molecule has 0 fully saturated rings. The quantitative estimate of drug-likeness (QED) is 0.484. The number of rotatable bonds is 3. The summed E-state index contributed by atoms with van der Waals surface area (Å²) >= 11 is 0. The molecule has 0 aliphatic rings. The van der Waals surface area contributed by atoms with Gasteiger partial charge in [0.2, 0.25) is 0 Å². The summed E-state index contributed by atoms with van der Waals surface area (Å²) < 4.78 is 0. The molecule has 0 aliphatic carbocycles. The van der Waals surface area contributed by atoms with Gasteiger partial charge in [-0.2, -0.15) is 0 Å². The van der Waals surface area contributed by atoms with Gasteiger partial charge in [-0.25, -0.2) is 0 Å². The molecule has 19 heavy (non-hydrogen) atoms. The van der Waals surface area contributed by atoms with Crippen LogP contribution >= 0.6 is 24.0 Å². The standard InChI is InChI=1S/C15H25N3.HI/c1-14(2,3)11-6-8-12(9-7-11)15(4,5)10-18-13(16)17;/h6-9H,10H2,1-5H3,(H4,16,17,18);1H. The fourth-order valence-corrected chi connectivity index (χ4v) is 1.80. The summed E-state index contributed by atoms with van der Waals surface area (Å²) in [5, 5.41) is 0. The summed E-state index contributed by atoms with van der Waals surface area (Å²) in [6, 6.07) is 8.71. The Morgan fingerprint density at radius 3 is 1.74 bits per heavy atom. The molecule has 0 saturated carbocycles. The van der Waals surface area contributed by atoms with Crippen molar-refractivity contribution in [3.8, 4) is 0 Å². The molecular weight excluding hydrogens is 349 g/mol. The highest BCUT2D eigenvalue weighted by molar-refractivity contribution is 14.0. The van der Waals surface area contributed by atoms with E-state index in [2.05, 4.69) is 63.9 Å². The second kappa shape index (κ2) is 6.59. The smallest absolute Gasteiger partial charge is 0.185 e. The van der Waals surface area contributed by atoms with Gasteiger partial charge in [-0.05, 0) is 16.5 Å². The number of benzene rings is 1. The molecule has 1 aromatic rings. The fourth-order valence-electron chi connectivity index (χ4n) is 1.80. The van der Waals surface area contributed by atoms with Gasteiger partial charge >= 0.3 is 0 Å². The number of hydrogen-bond donors (Lipinski definition) is 2. The number of halogens is 1. The van der Waals surface area contributed by atoms with E-state index in [0.717, 1.165) is 0 Å². The van der Waals surface area contributed by atoms with Crippen LogP contribution in [0.25, 0.3) is 0 Å². The largest absolute Gasteiger partial charge is 0.370 e. The molecule has 0 saturated heterocycles. The molecule has 1 aromatic carbocycles. The molecule has 0 radical (unpaired) electrons. The molecular formula is C15H26IN3. The normalized spacial score (nSPS) is 11.6. The Morgan fingerprint density at radius 1 is 0.947 bits per heavy atom. The van der Waals surface area contributed by atoms with E-state index in [4.69, 9.17) is 11.5 Å². The van der Waals surface area contributed by atoms with Crippen molar-refractivity contribution in [1.29, 1.82) is 0 Å². The van der Waals surface area contributed by atoms with E-state index in [9.17, 15) is 0 Å². The van der Waals surface area contributed by atoms with Gasteiger partial charge in [0.05, 0.1) is 6.54 Å². The summed E-state index contributed by atoms with van der Waals surface area (Å²) in [4.78, 5) is 4.12. The molecule has 0 unspecified atom stereocenters. The van der Waals surface area contributed by atoms with Crippen molar-refractivity contribution < 1.29 is 0 Å². The van der Waals surface area contributed by atoms with Crippen LogP contribution in [0.2, 0.25) is 0 Å². The Hall–Kier alpha value is -0.780. The molecule has 3 nitrogen and oxygen atoms in total. The first kappa shape index (κ1) is 18.2. The van der Waals surface area contributed by atoms with E-state index < -0.39 is 0 Å². The Labute approximate surface area is 133 Å². The Morgan fingerprint density at radius 2 is 1.37 bits per heavy atom. The van der Waals surface area contributed by atoms with E-state index in [-0.39, 0.29) is 40.8 Å². The van der Waals surface area contributed by atoms with Crippen molar-refractivity contribution in [2.24, 2.45) is 16.5 Å². The molecule has 108 valence electrons. The summed E-state index contributed by atoms with van der Waals surface area (Å²) in [5.41, 5.74) is 13.5. The van der Waals surface area contributed by atoms with E-state index in [1.54, 1.807) is 0 Å². The van der Waals surface area contributed by atoms with Crippen LogP contribution in [0.3, 0.4) is 0 Å². The second-order valence-corrected chi connectivity index (χ2v) is 6.45. The van der Waals surface area contributed by atoms with Crippen LogP contribution < -0.4 is 11.5 Å². The molecule has 1 rings (SSSR count). The van der Waals surface area contributed by atoms with Gasteiger partial charge in [0.1, 0.15) is 0 Å². The van der Waals surface area contributed by atoms with Crippen LogP contribution in [0, 0.1) is 0 Å². The monoisotopic (exact) mass is 375 g/mol. The lowest BCUT2D eigenvalue weighted by molar-refractivity contribution is 0.537. The maximum Gasteiger partial charge on any atom is 0.185 e. The highest BCUT2D eigenvalue weighted by Gasteiger charge is 2.21. The number of aliphatic imine (C=N–C) groups is 1. The van der Waals surface area contributed by atoms with E-state index in [1.807, 2.05) is 0 Å². The van der Waals surface area contributed by atoms with Crippen molar-refractivity contribution >= 4 is 29.9 Å². The summed E-state index contributed by atoms with van der Waals surface area (Å²) in [7, 11) is 0.